The number of carboxylic acid groups (broad SMARTS) is 1. The Kier molecular flexibility index (Phi) is 20.4. The first kappa shape index (κ1) is 36.0. The molecule has 1 fully saturated rings. The zero-order valence-electron chi connectivity index (χ0n) is 24.6. The van der Waals surface area contributed by atoms with Crippen LogP contribution in [0.25, 0.3) is 0 Å². The molecule has 0 bridgehead atoms. The summed E-state index contributed by atoms with van der Waals surface area (Å²) in [7, 11) is 0. The smallest absolute Gasteiger partial charge is 0.317 e. The van der Waals surface area contributed by atoms with Gasteiger partial charge in [0.25, 0.3) is 0 Å². The van der Waals surface area contributed by atoms with Crippen molar-refractivity contribution in [3.8, 4) is 0 Å². The largest absolute Gasteiger partial charge is 0.480 e. The molecule has 13 heteroatoms. The summed E-state index contributed by atoms with van der Waals surface area (Å²) in [6, 6.07) is 0. The number of ether oxygens (including phenoxy) is 4. The maximum absolute atomic E-state index is 12.4. The molecule has 0 aromatic carbocycles. The Morgan fingerprint density at radius 2 is 1.10 bits per heavy atom. The van der Waals surface area contributed by atoms with E-state index in [2.05, 4.69) is 5.32 Å². The highest BCUT2D eigenvalue weighted by molar-refractivity contribution is 5.80. The van der Waals surface area contributed by atoms with E-state index in [1.165, 1.54) is 6.92 Å². The predicted molar refractivity (Wildman–Crippen MR) is 148 cm³/mol. The molecule has 0 aliphatic carbocycles. The van der Waals surface area contributed by atoms with Gasteiger partial charge < -0.3 is 29.4 Å². The number of rotatable bonds is 22. The molecule has 0 aromatic rings. The van der Waals surface area contributed by atoms with E-state index in [-0.39, 0.29) is 36.5 Å². The molecule has 40 heavy (non-hydrogen) atoms. The van der Waals surface area contributed by atoms with Crippen molar-refractivity contribution in [1.82, 2.24) is 20.0 Å². The molecule has 1 heterocycles. The van der Waals surface area contributed by atoms with Crippen LogP contribution in [-0.4, -0.2) is 162 Å². The average molecular weight is 575 g/mol. The lowest BCUT2D eigenvalue weighted by molar-refractivity contribution is -0.138. The molecule has 1 aliphatic heterocycles. The van der Waals surface area contributed by atoms with Crippen molar-refractivity contribution in [2.75, 3.05) is 118 Å². The molecule has 1 amide bonds. The van der Waals surface area contributed by atoms with Crippen LogP contribution in [0.5, 0.6) is 0 Å². The zero-order valence-corrected chi connectivity index (χ0v) is 24.6. The van der Waals surface area contributed by atoms with Gasteiger partial charge in [-0.3, -0.25) is 33.9 Å². The van der Waals surface area contributed by atoms with E-state index >= 15 is 0 Å². The van der Waals surface area contributed by atoms with Gasteiger partial charge in [0.2, 0.25) is 5.91 Å². The standard InChI is InChI=1S/C27H50N4O9/c1-23(2)25(33)4-12-37-14-16-39-18-19-40-17-15-38-13-5-28-26(34)21-30-8-6-29(20-24(3)32)7-10-31(11-9-30)22-27(35)36/h23H,4-22H2,1-3H3,(H,28,34)(H,35,36). The minimum absolute atomic E-state index is 0.0396. The van der Waals surface area contributed by atoms with Crippen molar-refractivity contribution >= 4 is 23.4 Å². The number of nitrogens with zero attached hydrogens (tertiary/aromatic N) is 3. The predicted octanol–water partition coefficient (Wildman–Crippen LogP) is -0.623. The molecule has 0 radical (unpaired) electrons. The number of carbonyl (C=O) groups is 4. The molecule has 0 atom stereocenters. The first-order valence-corrected chi connectivity index (χ1v) is 14.2. The summed E-state index contributed by atoms with van der Waals surface area (Å²) in [6.45, 7) is 13.0. The number of amides is 1. The SMILES string of the molecule is CC(=O)CN1CCN(CC(=O)O)CCN(CC(=O)NCCOCCOCCOCCOCCC(=O)C(C)C)CC1. The summed E-state index contributed by atoms with van der Waals surface area (Å²) in [5.74, 6) is -0.730. The first-order chi connectivity index (χ1) is 19.2. The lowest BCUT2D eigenvalue weighted by Gasteiger charge is -2.24. The van der Waals surface area contributed by atoms with Crippen molar-refractivity contribution in [3.05, 3.63) is 0 Å². The Morgan fingerprint density at radius 1 is 0.675 bits per heavy atom. The van der Waals surface area contributed by atoms with Crippen LogP contribution in [0.1, 0.15) is 27.2 Å². The molecule has 1 rings (SSSR count). The van der Waals surface area contributed by atoms with Crippen molar-refractivity contribution in [1.29, 1.82) is 0 Å². The van der Waals surface area contributed by atoms with E-state index in [9.17, 15) is 24.3 Å². The Labute approximate surface area is 238 Å². The van der Waals surface area contributed by atoms with Gasteiger partial charge in [-0.05, 0) is 6.92 Å². The molecule has 1 saturated heterocycles. The van der Waals surface area contributed by atoms with E-state index in [4.69, 9.17) is 18.9 Å². The normalized spacial score (nSPS) is 15.9. The van der Waals surface area contributed by atoms with Gasteiger partial charge in [-0.25, -0.2) is 0 Å². The van der Waals surface area contributed by atoms with Crippen molar-refractivity contribution in [2.45, 2.75) is 27.2 Å². The van der Waals surface area contributed by atoms with Crippen LogP contribution >= 0.6 is 0 Å². The molecule has 232 valence electrons. The number of aliphatic carboxylic acids is 1. The molecule has 0 saturated carbocycles. The number of hydrogen-bond donors (Lipinski definition) is 2. The van der Waals surface area contributed by atoms with E-state index in [0.717, 1.165) is 0 Å². The molecular formula is C27H50N4O9. The summed E-state index contributed by atoms with van der Waals surface area (Å²) >= 11 is 0. The van der Waals surface area contributed by atoms with Gasteiger partial charge in [-0.1, -0.05) is 13.8 Å². The van der Waals surface area contributed by atoms with Crippen LogP contribution in [0.2, 0.25) is 0 Å². The fourth-order valence-electron chi connectivity index (χ4n) is 3.91. The van der Waals surface area contributed by atoms with Crippen LogP contribution in [0.4, 0.5) is 0 Å². The lowest BCUT2D eigenvalue weighted by Crippen LogP contribution is -2.43. The third-order valence-corrected chi connectivity index (χ3v) is 6.19. The monoisotopic (exact) mass is 574 g/mol. The van der Waals surface area contributed by atoms with E-state index in [1.807, 2.05) is 28.5 Å². The maximum Gasteiger partial charge on any atom is 0.317 e. The van der Waals surface area contributed by atoms with Crippen LogP contribution < -0.4 is 5.32 Å². The zero-order chi connectivity index (χ0) is 29.6. The van der Waals surface area contributed by atoms with Gasteiger partial charge in [0, 0.05) is 58.2 Å². The van der Waals surface area contributed by atoms with Gasteiger partial charge in [0.05, 0.1) is 72.5 Å². The van der Waals surface area contributed by atoms with Gasteiger partial charge in [-0.2, -0.15) is 0 Å². The second-order valence-electron chi connectivity index (χ2n) is 10.1. The molecule has 1 aliphatic rings. The van der Waals surface area contributed by atoms with E-state index in [0.29, 0.717) is 112 Å². The van der Waals surface area contributed by atoms with Crippen molar-refractivity contribution in [3.63, 3.8) is 0 Å². The van der Waals surface area contributed by atoms with Crippen molar-refractivity contribution < 1.29 is 43.2 Å². The van der Waals surface area contributed by atoms with E-state index < -0.39 is 5.97 Å². The summed E-state index contributed by atoms with van der Waals surface area (Å²) in [5.41, 5.74) is 0. The van der Waals surface area contributed by atoms with Crippen LogP contribution in [0.3, 0.4) is 0 Å². The number of carbonyl (C=O) groups excluding carboxylic acids is 3. The molecular weight excluding hydrogens is 524 g/mol. The third-order valence-electron chi connectivity index (χ3n) is 6.19. The number of ketones is 2. The topological polar surface area (TPSA) is 147 Å². The second kappa shape index (κ2) is 22.7. The minimum atomic E-state index is -0.894. The minimum Gasteiger partial charge on any atom is -0.480 e. The van der Waals surface area contributed by atoms with Crippen LogP contribution in [-0.2, 0) is 38.1 Å². The highest BCUT2D eigenvalue weighted by atomic mass is 16.6. The Morgan fingerprint density at radius 3 is 1.55 bits per heavy atom. The molecule has 2 N–H and O–H groups in total. The highest BCUT2D eigenvalue weighted by Crippen LogP contribution is 2.01. The quantitative estimate of drug-likeness (QED) is 0.159. The number of nitrogens with one attached hydrogen (secondary N) is 1. The average Bonchev–Trinajstić information content (AvgIpc) is 2.97. The first-order valence-electron chi connectivity index (χ1n) is 14.2. The maximum atomic E-state index is 12.4. The fourth-order valence-corrected chi connectivity index (χ4v) is 3.91. The van der Waals surface area contributed by atoms with Gasteiger partial charge in [0.1, 0.15) is 11.6 Å². The summed E-state index contributed by atoms with van der Waals surface area (Å²) in [5, 5.41) is 12.0. The van der Waals surface area contributed by atoms with Crippen LogP contribution in [0, 0.1) is 5.92 Å². The summed E-state index contributed by atoms with van der Waals surface area (Å²) in [6.07, 6.45) is 0.431. The molecule has 13 nitrogen and oxygen atoms in total. The Bertz CT molecular complexity index is 711. The lowest BCUT2D eigenvalue weighted by atomic mass is 10.1. The van der Waals surface area contributed by atoms with E-state index in [1.54, 1.807) is 0 Å². The van der Waals surface area contributed by atoms with Gasteiger partial charge in [-0.15, -0.1) is 0 Å². The summed E-state index contributed by atoms with van der Waals surface area (Å²) < 4.78 is 21.7. The second-order valence-corrected chi connectivity index (χ2v) is 10.1. The Balaban J connectivity index is 2.09. The fraction of sp³-hybridized carbons (Fsp3) is 0.852. The van der Waals surface area contributed by atoms with Crippen molar-refractivity contribution in [2.24, 2.45) is 5.92 Å². The number of Topliss-reactive ketones (excluding diaryl/α,β-unsaturated/α-hetero) is 2. The van der Waals surface area contributed by atoms with Gasteiger partial charge in [0.15, 0.2) is 0 Å². The Hall–Kier alpha value is -2.00. The summed E-state index contributed by atoms with van der Waals surface area (Å²) in [4.78, 5) is 52.5. The molecule has 0 spiro atoms. The highest BCUT2D eigenvalue weighted by Gasteiger charge is 2.20. The third kappa shape index (κ3) is 20.0. The molecule has 0 aromatic heterocycles. The van der Waals surface area contributed by atoms with Crippen LogP contribution in [0.15, 0.2) is 0 Å². The number of hydrogen-bond acceptors (Lipinski definition) is 11. The number of carboxylic acids is 1. The molecule has 0 unspecified atom stereocenters. The van der Waals surface area contributed by atoms with Gasteiger partial charge >= 0.3 is 5.97 Å².